The van der Waals surface area contributed by atoms with Crippen LogP contribution in [0.5, 0.6) is 0 Å². The first kappa shape index (κ1) is 27.7. The van der Waals surface area contributed by atoms with E-state index in [1.165, 1.54) is 11.8 Å². The minimum Gasteiger partial charge on any atom is -0.480 e. The van der Waals surface area contributed by atoms with Crippen LogP contribution < -0.4 is 27.4 Å². The average Bonchev–Trinajstić information content (AvgIpc) is 2.65. The standard InChI is InChI=1S/C18H33N5O6S/c1-10(2)8-11(19)16(26)23-12(6-7-30-3)17(27)21-9-15(25)22-13(18(28)29)4-5-14(20)24/h10-13H,4-9,19H2,1-3H3,(H2,20,24)(H,21,27)(H,22,25)(H,23,26)(H,28,29). The Hall–Kier alpha value is -2.34. The Morgan fingerprint density at radius 2 is 1.63 bits per heavy atom. The van der Waals surface area contributed by atoms with Crippen molar-refractivity contribution < 1.29 is 29.1 Å². The van der Waals surface area contributed by atoms with E-state index in [9.17, 15) is 24.0 Å². The second kappa shape index (κ2) is 14.6. The molecule has 0 saturated carbocycles. The van der Waals surface area contributed by atoms with E-state index in [1.807, 2.05) is 20.1 Å². The Bertz CT molecular complexity index is 616. The molecule has 0 spiro atoms. The van der Waals surface area contributed by atoms with Gasteiger partial charge in [0.05, 0.1) is 12.6 Å². The second-order valence-electron chi connectivity index (χ2n) is 7.26. The van der Waals surface area contributed by atoms with Crippen LogP contribution >= 0.6 is 11.8 Å². The zero-order valence-electron chi connectivity index (χ0n) is 17.6. The van der Waals surface area contributed by atoms with Crippen LogP contribution in [0.3, 0.4) is 0 Å². The molecule has 0 saturated heterocycles. The monoisotopic (exact) mass is 447 g/mol. The van der Waals surface area contributed by atoms with Crippen LogP contribution in [-0.2, 0) is 24.0 Å². The number of hydrogen-bond donors (Lipinski definition) is 6. The number of carboxylic acid groups (broad SMARTS) is 1. The number of carbonyl (C=O) groups excluding carboxylic acids is 4. The maximum Gasteiger partial charge on any atom is 0.326 e. The van der Waals surface area contributed by atoms with Gasteiger partial charge in [-0.2, -0.15) is 11.8 Å². The molecule has 0 aromatic heterocycles. The van der Waals surface area contributed by atoms with Crippen molar-refractivity contribution in [2.45, 2.75) is 57.7 Å². The highest BCUT2D eigenvalue weighted by Gasteiger charge is 2.25. The number of hydrogen-bond acceptors (Lipinski definition) is 7. The van der Waals surface area contributed by atoms with Crippen molar-refractivity contribution in [1.29, 1.82) is 0 Å². The van der Waals surface area contributed by atoms with Gasteiger partial charge in [0, 0.05) is 6.42 Å². The van der Waals surface area contributed by atoms with E-state index < -0.39 is 54.3 Å². The highest BCUT2D eigenvalue weighted by molar-refractivity contribution is 7.98. The molecule has 0 aliphatic rings. The Balaban J connectivity index is 4.78. The van der Waals surface area contributed by atoms with Crippen molar-refractivity contribution in [2.24, 2.45) is 17.4 Å². The third-order valence-corrected chi connectivity index (χ3v) is 4.69. The summed E-state index contributed by atoms with van der Waals surface area (Å²) in [5.41, 5.74) is 10.8. The molecule has 30 heavy (non-hydrogen) atoms. The van der Waals surface area contributed by atoms with Gasteiger partial charge in [-0.3, -0.25) is 19.2 Å². The molecule has 4 amide bonds. The lowest BCUT2D eigenvalue weighted by Crippen LogP contribution is -2.53. The lowest BCUT2D eigenvalue weighted by molar-refractivity contribution is -0.142. The molecule has 8 N–H and O–H groups in total. The van der Waals surface area contributed by atoms with Gasteiger partial charge in [0.2, 0.25) is 23.6 Å². The van der Waals surface area contributed by atoms with Crippen LogP contribution in [-0.4, -0.2) is 71.4 Å². The summed E-state index contributed by atoms with van der Waals surface area (Å²) in [5, 5.41) is 16.3. The molecule has 0 aromatic rings. The van der Waals surface area contributed by atoms with E-state index in [4.69, 9.17) is 16.6 Å². The van der Waals surface area contributed by atoms with Gasteiger partial charge in [0.25, 0.3) is 0 Å². The van der Waals surface area contributed by atoms with E-state index in [1.54, 1.807) is 0 Å². The predicted octanol–water partition coefficient (Wildman–Crippen LogP) is -1.45. The molecule has 0 aliphatic carbocycles. The fourth-order valence-electron chi connectivity index (χ4n) is 2.48. The number of thioether (sulfide) groups is 1. The number of nitrogens with two attached hydrogens (primary N) is 2. The maximum absolute atomic E-state index is 12.4. The van der Waals surface area contributed by atoms with Crippen molar-refractivity contribution in [3.05, 3.63) is 0 Å². The molecule has 0 bridgehead atoms. The summed E-state index contributed by atoms with van der Waals surface area (Å²) in [4.78, 5) is 58.6. The Kier molecular flexibility index (Phi) is 13.5. The molecule has 0 heterocycles. The largest absolute Gasteiger partial charge is 0.480 e. The molecule has 0 aliphatic heterocycles. The fourth-order valence-corrected chi connectivity index (χ4v) is 2.95. The molecule has 0 radical (unpaired) electrons. The summed E-state index contributed by atoms with van der Waals surface area (Å²) in [6, 6.07) is -2.93. The molecule has 0 rings (SSSR count). The number of primary amides is 1. The van der Waals surface area contributed by atoms with Crippen LogP contribution in [0.1, 0.15) is 39.5 Å². The van der Waals surface area contributed by atoms with Gasteiger partial charge in [0.1, 0.15) is 12.1 Å². The molecule has 12 heteroatoms. The Morgan fingerprint density at radius 3 is 2.13 bits per heavy atom. The van der Waals surface area contributed by atoms with Gasteiger partial charge in [-0.05, 0) is 37.2 Å². The van der Waals surface area contributed by atoms with Gasteiger partial charge in [-0.1, -0.05) is 13.8 Å². The second-order valence-corrected chi connectivity index (χ2v) is 8.25. The molecule has 0 aromatic carbocycles. The summed E-state index contributed by atoms with van der Waals surface area (Å²) in [6.45, 7) is 3.37. The molecule has 0 fully saturated rings. The summed E-state index contributed by atoms with van der Waals surface area (Å²) in [6.07, 6.45) is 2.29. The first-order chi connectivity index (χ1) is 14.0. The molecule has 172 valence electrons. The van der Waals surface area contributed by atoms with Gasteiger partial charge < -0.3 is 32.5 Å². The van der Waals surface area contributed by atoms with Crippen LogP contribution in [0.15, 0.2) is 0 Å². The van der Waals surface area contributed by atoms with Crippen LogP contribution in [0, 0.1) is 5.92 Å². The van der Waals surface area contributed by atoms with Crippen molar-refractivity contribution in [3.63, 3.8) is 0 Å². The highest BCUT2D eigenvalue weighted by atomic mass is 32.2. The Labute approximate surface area is 180 Å². The predicted molar refractivity (Wildman–Crippen MR) is 113 cm³/mol. The number of carbonyl (C=O) groups is 5. The highest BCUT2D eigenvalue weighted by Crippen LogP contribution is 2.05. The van der Waals surface area contributed by atoms with E-state index >= 15 is 0 Å². The van der Waals surface area contributed by atoms with Gasteiger partial charge in [-0.15, -0.1) is 0 Å². The van der Waals surface area contributed by atoms with Crippen molar-refractivity contribution in [3.8, 4) is 0 Å². The number of aliphatic carboxylic acids is 1. The minimum atomic E-state index is -1.32. The van der Waals surface area contributed by atoms with E-state index in [0.29, 0.717) is 18.6 Å². The van der Waals surface area contributed by atoms with Crippen LogP contribution in [0.2, 0.25) is 0 Å². The summed E-state index contributed by atoms with van der Waals surface area (Å²) in [5.74, 6) is -2.97. The third-order valence-electron chi connectivity index (χ3n) is 4.04. The molecular formula is C18H33N5O6S. The van der Waals surface area contributed by atoms with Crippen LogP contribution in [0.25, 0.3) is 0 Å². The van der Waals surface area contributed by atoms with E-state index in [2.05, 4.69) is 16.0 Å². The van der Waals surface area contributed by atoms with Gasteiger partial charge in [-0.25, -0.2) is 4.79 Å². The number of carboxylic acids is 1. The smallest absolute Gasteiger partial charge is 0.326 e. The fraction of sp³-hybridized carbons (Fsp3) is 0.722. The number of amides is 4. The lowest BCUT2D eigenvalue weighted by Gasteiger charge is -2.21. The normalized spacial score (nSPS) is 13.8. The Morgan fingerprint density at radius 1 is 1.00 bits per heavy atom. The van der Waals surface area contributed by atoms with Gasteiger partial charge in [0.15, 0.2) is 0 Å². The van der Waals surface area contributed by atoms with Crippen molar-refractivity contribution >= 4 is 41.4 Å². The summed E-state index contributed by atoms with van der Waals surface area (Å²) < 4.78 is 0. The SMILES string of the molecule is CSCCC(NC(=O)C(N)CC(C)C)C(=O)NCC(=O)NC(CCC(N)=O)C(=O)O. The third kappa shape index (κ3) is 12.3. The van der Waals surface area contributed by atoms with E-state index in [0.717, 1.165) is 0 Å². The number of rotatable bonds is 15. The van der Waals surface area contributed by atoms with Crippen molar-refractivity contribution in [2.75, 3.05) is 18.6 Å². The zero-order valence-corrected chi connectivity index (χ0v) is 18.4. The molecular weight excluding hydrogens is 414 g/mol. The summed E-state index contributed by atoms with van der Waals surface area (Å²) >= 11 is 1.49. The van der Waals surface area contributed by atoms with Crippen molar-refractivity contribution in [1.82, 2.24) is 16.0 Å². The first-order valence-corrected chi connectivity index (χ1v) is 11.0. The summed E-state index contributed by atoms with van der Waals surface area (Å²) in [7, 11) is 0. The van der Waals surface area contributed by atoms with Crippen LogP contribution in [0.4, 0.5) is 0 Å². The lowest BCUT2D eigenvalue weighted by atomic mass is 10.0. The molecule has 3 unspecified atom stereocenters. The average molecular weight is 448 g/mol. The first-order valence-electron chi connectivity index (χ1n) is 9.60. The molecule has 11 nitrogen and oxygen atoms in total. The quantitative estimate of drug-likeness (QED) is 0.175. The molecule has 3 atom stereocenters. The topological polar surface area (TPSA) is 194 Å². The number of nitrogens with one attached hydrogen (secondary N) is 3. The minimum absolute atomic E-state index is 0.162. The van der Waals surface area contributed by atoms with Gasteiger partial charge >= 0.3 is 5.97 Å². The zero-order chi connectivity index (χ0) is 23.3. The van der Waals surface area contributed by atoms with E-state index in [-0.39, 0.29) is 18.8 Å². The maximum atomic E-state index is 12.4.